The number of benzene rings is 1. The Kier molecular flexibility index (Phi) is 7.12. The van der Waals surface area contributed by atoms with Gasteiger partial charge in [0.2, 0.25) is 0 Å². The number of para-hydroxylation sites is 1. The molecule has 2 heterocycles. The van der Waals surface area contributed by atoms with Crippen molar-refractivity contribution in [2.75, 3.05) is 20.8 Å². The smallest absolute Gasteiger partial charge is 0.317 e. The number of urea groups is 1. The second-order valence-electron chi connectivity index (χ2n) is 7.01. The minimum absolute atomic E-state index is 0.0180. The SMILES string of the molecule is COc1cccc(CNC(=O)N2CCCC[C@H]2CCc2ccccn2)c1OC. The van der Waals surface area contributed by atoms with E-state index in [4.69, 9.17) is 9.47 Å². The third kappa shape index (κ3) is 4.94. The fourth-order valence-electron chi connectivity index (χ4n) is 3.79. The van der Waals surface area contributed by atoms with Crippen LogP contribution in [-0.2, 0) is 13.0 Å². The number of nitrogens with one attached hydrogen (secondary N) is 1. The van der Waals surface area contributed by atoms with Gasteiger partial charge >= 0.3 is 6.03 Å². The number of carbonyl (C=O) groups excluding carboxylic acids is 1. The number of likely N-dealkylation sites (tertiary alicyclic amines) is 1. The molecule has 0 unspecified atom stereocenters. The molecule has 0 radical (unpaired) electrons. The Morgan fingerprint density at radius 2 is 2.07 bits per heavy atom. The van der Waals surface area contributed by atoms with Gasteiger partial charge in [-0.05, 0) is 50.3 Å². The molecule has 6 heteroatoms. The molecular weight excluding hydrogens is 354 g/mol. The Morgan fingerprint density at radius 1 is 1.18 bits per heavy atom. The van der Waals surface area contributed by atoms with Crippen LogP contribution in [0.1, 0.15) is 36.9 Å². The summed E-state index contributed by atoms with van der Waals surface area (Å²) in [5, 5.41) is 3.06. The van der Waals surface area contributed by atoms with Crippen LogP contribution < -0.4 is 14.8 Å². The topological polar surface area (TPSA) is 63.7 Å². The molecule has 1 aromatic carbocycles. The molecule has 150 valence electrons. The van der Waals surface area contributed by atoms with Crippen LogP contribution in [0.2, 0.25) is 0 Å². The molecule has 2 amide bonds. The molecule has 1 aromatic heterocycles. The van der Waals surface area contributed by atoms with Gasteiger partial charge < -0.3 is 19.7 Å². The predicted molar refractivity (Wildman–Crippen MR) is 109 cm³/mol. The monoisotopic (exact) mass is 383 g/mol. The largest absolute Gasteiger partial charge is 0.493 e. The van der Waals surface area contributed by atoms with E-state index in [1.54, 1.807) is 14.2 Å². The molecule has 1 N–H and O–H groups in total. The van der Waals surface area contributed by atoms with Crippen molar-refractivity contribution in [2.45, 2.75) is 44.7 Å². The van der Waals surface area contributed by atoms with E-state index < -0.39 is 0 Å². The molecule has 1 aliphatic rings. The standard InChI is InChI=1S/C22H29N3O3/c1-27-20-11-7-8-17(21(20)28-2)16-24-22(26)25-15-6-4-10-19(25)13-12-18-9-3-5-14-23-18/h3,5,7-9,11,14,19H,4,6,10,12-13,15-16H2,1-2H3,(H,24,26)/t19-/m0/s1. The molecule has 1 atom stereocenters. The zero-order valence-electron chi connectivity index (χ0n) is 16.7. The molecule has 0 spiro atoms. The summed E-state index contributed by atoms with van der Waals surface area (Å²) >= 11 is 0. The first-order chi connectivity index (χ1) is 13.7. The van der Waals surface area contributed by atoms with Crippen LogP contribution in [0.3, 0.4) is 0 Å². The molecule has 0 bridgehead atoms. The number of ether oxygens (including phenoxy) is 2. The average molecular weight is 383 g/mol. The molecule has 1 saturated heterocycles. The first kappa shape index (κ1) is 20.0. The quantitative estimate of drug-likeness (QED) is 0.790. The van der Waals surface area contributed by atoms with Crippen molar-refractivity contribution in [3.8, 4) is 11.5 Å². The van der Waals surface area contributed by atoms with Crippen LogP contribution in [0.5, 0.6) is 11.5 Å². The molecule has 2 aromatic rings. The zero-order chi connectivity index (χ0) is 19.8. The molecule has 6 nitrogen and oxygen atoms in total. The Morgan fingerprint density at radius 3 is 2.82 bits per heavy atom. The van der Waals surface area contributed by atoms with Gasteiger partial charge in [-0.15, -0.1) is 0 Å². The number of carbonyl (C=O) groups is 1. The number of pyridine rings is 1. The number of nitrogens with zero attached hydrogens (tertiary/aromatic N) is 2. The van der Waals surface area contributed by atoms with E-state index in [0.717, 1.165) is 43.5 Å². The highest BCUT2D eigenvalue weighted by molar-refractivity contribution is 5.74. The lowest BCUT2D eigenvalue weighted by Crippen LogP contribution is -2.48. The van der Waals surface area contributed by atoms with Gasteiger partial charge in [0.05, 0.1) is 14.2 Å². The minimum atomic E-state index is -0.0180. The van der Waals surface area contributed by atoms with E-state index in [0.29, 0.717) is 18.0 Å². The number of hydrogen-bond donors (Lipinski definition) is 1. The first-order valence-corrected chi connectivity index (χ1v) is 9.87. The summed E-state index contributed by atoms with van der Waals surface area (Å²) in [5.41, 5.74) is 1.98. The fourth-order valence-corrected chi connectivity index (χ4v) is 3.79. The predicted octanol–water partition coefficient (Wildman–Crippen LogP) is 3.80. The molecular formula is C22H29N3O3. The highest BCUT2D eigenvalue weighted by atomic mass is 16.5. The van der Waals surface area contributed by atoms with Gasteiger partial charge in [-0.2, -0.15) is 0 Å². The maximum Gasteiger partial charge on any atom is 0.317 e. The molecule has 3 rings (SSSR count). The van der Waals surface area contributed by atoms with Crippen molar-refractivity contribution in [3.05, 3.63) is 53.9 Å². The lowest BCUT2D eigenvalue weighted by Gasteiger charge is -2.36. The number of hydrogen-bond acceptors (Lipinski definition) is 4. The molecule has 28 heavy (non-hydrogen) atoms. The van der Waals surface area contributed by atoms with Gasteiger partial charge in [0.1, 0.15) is 0 Å². The Labute approximate surface area is 166 Å². The van der Waals surface area contributed by atoms with Crippen LogP contribution in [0.4, 0.5) is 4.79 Å². The van der Waals surface area contributed by atoms with Gasteiger partial charge in [0, 0.05) is 36.6 Å². The molecule has 1 aliphatic heterocycles. The van der Waals surface area contributed by atoms with Crippen LogP contribution >= 0.6 is 0 Å². The van der Waals surface area contributed by atoms with Crippen molar-refractivity contribution in [3.63, 3.8) is 0 Å². The summed E-state index contributed by atoms with van der Waals surface area (Å²) in [6.45, 7) is 1.20. The maximum absolute atomic E-state index is 12.9. The van der Waals surface area contributed by atoms with E-state index in [1.807, 2.05) is 47.5 Å². The Bertz CT molecular complexity index is 767. The lowest BCUT2D eigenvalue weighted by molar-refractivity contribution is 0.146. The maximum atomic E-state index is 12.9. The van der Waals surface area contributed by atoms with Crippen molar-refractivity contribution < 1.29 is 14.3 Å². The normalized spacial score (nSPS) is 16.5. The summed E-state index contributed by atoms with van der Waals surface area (Å²) in [5.74, 6) is 1.33. The summed E-state index contributed by atoms with van der Waals surface area (Å²) in [4.78, 5) is 19.3. The van der Waals surface area contributed by atoms with Crippen molar-refractivity contribution >= 4 is 6.03 Å². The number of amides is 2. The van der Waals surface area contributed by atoms with E-state index >= 15 is 0 Å². The first-order valence-electron chi connectivity index (χ1n) is 9.87. The van der Waals surface area contributed by atoms with Gasteiger partial charge in [-0.25, -0.2) is 4.79 Å². The van der Waals surface area contributed by atoms with Gasteiger partial charge in [0.25, 0.3) is 0 Å². The summed E-state index contributed by atoms with van der Waals surface area (Å²) < 4.78 is 10.8. The Balaban J connectivity index is 1.60. The minimum Gasteiger partial charge on any atom is -0.493 e. The van der Waals surface area contributed by atoms with Crippen LogP contribution in [0.15, 0.2) is 42.6 Å². The summed E-state index contributed by atoms with van der Waals surface area (Å²) in [6.07, 6.45) is 6.91. The number of methoxy groups -OCH3 is 2. The van der Waals surface area contributed by atoms with Crippen LogP contribution in [0, 0.1) is 0 Å². The van der Waals surface area contributed by atoms with Crippen LogP contribution in [-0.4, -0.2) is 42.7 Å². The highest BCUT2D eigenvalue weighted by Gasteiger charge is 2.26. The van der Waals surface area contributed by atoms with Gasteiger partial charge in [-0.3, -0.25) is 4.98 Å². The van der Waals surface area contributed by atoms with Gasteiger partial charge in [-0.1, -0.05) is 18.2 Å². The van der Waals surface area contributed by atoms with Crippen LogP contribution in [0.25, 0.3) is 0 Å². The third-order valence-corrected chi connectivity index (χ3v) is 5.26. The second kappa shape index (κ2) is 9.97. The summed E-state index contributed by atoms with van der Waals surface area (Å²) in [7, 11) is 3.22. The number of aromatic nitrogens is 1. The number of aryl methyl sites for hydroxylation is 1. The zero-order valence-corrected chi connectivity index (χ0v) is 16.7. The van der Waals surface area contributed by atoms with Gasteiger partial charge in [0.15, 0.2) is 11.5 Å². The van der Waals surface area contributed by atoms with Crippen molar-refractivity contribution in [2.24, 2.45) is 0 Å². The number of piperidine rings is 1. The Hall–Kier alpha value is -2.76. The van der Waals surface area contributed by atoms with E-state index in [1.165, 1.54) is 6.42 Å². The van der Waals surface area contributed by atoms with Crippen molar-refractivity contribution in [1.82, 2.24) is 15.2 Å². The molecule has 0 aliphatic carbocycles. The van der Waals surface area contributed by atoms with E-state index in [-0.39, 0.29) is 12.1 Å². The summed E-state index contributed by atoms with van der Waals surface area (Å²) in [6, 6.07) is 11.9. The molecule has 0 saturated carbocycles. The number of rotatable bonds is 7. The fraction of sp³-hybridized carbons (Fsp3) is 0.455. The average Bonchev–Trinajstić information content (AvgIpc) is 2.76. The van der Waals surface area contributed by atoms with E-state index in [2.05, 4.69) is 10.3 Å². The highest BCUT2D eigenvalue weighted by Crippen LogP contribution is 2.30. The molecule has 1 fully saturated rings. The van der Waals surface area contributed by atoms with Crippen molar-refractivity contribution in [1.29, 1.82) is 0 Å². The third-order valence-electron chi connectivity index (χ3n) is 5.26. The lowest BCUT2D eigenvalue weighted by atomic mass is 9.97. The second-order valence-corrected chi connectivity index (χ2v) is 7.01. The van der Waals surface area contributed by atoms with E-state index in [9.17, 15) is 4.79 Å².